The van der Waals surface area contributed by atoms with E-state index in [4.69, 9.17) is 10.5 Å². The molecule has 4 heteroatoms. The fourth-order valence-corrected chi connectivity index (χ4v) is 1.25. The van der Waals surface area contributed by atoms with E-state index in [-0.39, 0.29) is 18.1 Å². The van der Waals surface area contributed by atoms with Crippen LogP contribution >= 0.6 is 0 Å². The van der Waals surface area contributed by atoms with Gasteiger partial charge in [0.25, 0.3) is 0 Å². The number of halogens is 1. The number of carbonyl (C=O) groups excluding carboxylic acids is 1. The van der Waals surface area contributed by atoms with Crippen molar-refractivity contribution in [1.29, 1.82) is 0 Å². The molecule has 1 rings (SSSR count). The first-order valence-corrected chi connectivity index (χ1v) is 4.71. The highest BCUT2D eigenvalue weighted by Gasteiger charge is 2.05. The molecule has 0 amide bonds. The smallest absolute Gasteiger partial charge is 0.165 e. The van der Waals surface area contributed by atoms with Gasteiger partial charge in [0, 0.05) is 6.42 Å². The van der Waals surface area contributed by atoms with Crippen LogP contribution in [0.4, 0.5) is 4.39 Å². The summed E-state index contributed by atoms with van der Waals surface area (Å²) in [6.07, 6.45) is 0.860. The summed E-state index contributed by atoms with van der Waals surface area (Å²) in [5.74, 6) is -0.217. The third-order valence-corrected chi connectivity index (χ3v) is 2.14. The van der Waals surface area contributed by atoms with Gasteiger partial charge < -0.3 is 10.5 Å². The lowest BCUT2D eigenvalue weighted by atomic mass is 10.1. The number of rotatable bonds is 5. The fraction of sp³-hybridized carbons (Fsp3) is 0.364. The van der Waals surface area contributed by atoms with E-state index in [9.17, 15) is 9.18 Å². The Labute approximate surface area is 88.0 Å². The molecule has 0 saturated heterocycles. The maximum absolute atomic E-state index is 13.2. The van der Waals surface area contributed by atoms with Crippen LogP contribution in [0.15, 0.2) is 18.2 Å². The van der Waals surface area contributed by atoms with Crippen molar-refractivity contribution in [3.8, 4) is 5.75 Å². The summed E-state index contributed by atoms with van der Waals surface area (Å²) in [6.45, 7) is 0.0403. The van der Waals surface area contributed by atoms with Gasteiger partial charge in [-0.1, -0.05) is 6.07 Å². The van der Waals surface area contributed by atoms with Crippen LogP contribution in [0.3, 0.4) is 0 Å². The zero-order valence-electron chi connectivity index (χ0n) is 8.63. The summed E-state index contributed by atoms with van der Waals surface area (Å²) in [4.78, 5) is 10.9. The summed E-state index contributed by atoms with van der Waals surface area (Å²) < 4.78 is 18.0. The zero-order valence-corrected chi connectivity index (χ0v) is 8.63. The number of ether oxygens (including phenoxy) is 1. The molecule has 0 bridgehead atoms. The van der Waals surface area contributed by atoms with E-state index >= 15 is 0 Å². The van der Waals surface area contributed by atoms with Gasteiger partial charge in [-0.15, -0.1) is 0 Å². The van der Waals surface area contributed by atoms with Crippen LogP contribution < -0.4 is 10.5 Å². The Morgan fingerprint density at radius 2 is 2.27 bits per heavy atom. The largest absolute Gasteiger partial charge is 0.494 e. The van der Waals surface area contributed by atoms with Crippen LogP contribution in [-0.2, 0) is 11.2 Å². The minimum atomic E-state index is -0.407. The number of carbonyl (C=O) groups is 1. The molecule has 1 aromatic rings. The Kier molecular flexibility index (Phi) is 4.24. The van der Waals surface area contributed by atoms with E-state index in [0.717, 1.165) is 5.56 Å². The minimum absolute atomic E-state index is 0.0220. The summed E-state index contributed by atoms with van der Waals surface area (Å²) in [5.41, 5.74) is 5.94. The van der Waals surface area contributed by atoms with E-state index in [2.05, 4.69) is 0 Å². The van der Waals surface area contributed by atoms with Gasteiger partial charge in [0.2, 0.25) is 0 Å². The molecule has 15 heavy (non-hydrogen) atoms. The van der Waals surface area contributed by atoms with Crippen molar-refractivity contribution in [2.24, 2.45) is 5.73 Å². The van der Waals surface area contributed by atoms with E-state index < -0.39 is 5.82 Å². The first-order valence-electron chi connectivity index (χ1n) is 4.71. The molecule has 1 aromatic carbocycles. The average Bonchev–Trinajstić information content (AvgIpc) is 2.26. The molecule has 0 saturated carbocycles. The van der Waals surface area contributed by atoms with Gasteiger partial charge >= 0.3 is 0 Å². The summed E-state index contributed by atoms with van der Waals surface area (Å²) in [7, 11) is 1.41. The van der Waals surface area contributed by atoms with Gasteiger partial charge in [-0.3, -0.25) is 4.79 Å². The molecule has 0 atom stereocenters. The molecule has 0 spiro atoms. The predicted octanol–water partition coefficient (Wildman–Crippen LogP) is 1.29. The second-order valence-electron chi connectivity index (χ2n) is 3.21. The highest BCUT2D eigenvalue weighted by Crippen LogP contribution is 2.18. The van der Waals surface area contributed by atoms with Crippen molar-refractivity contribution >= 4 is 5.78 Å². The molecule has 0 fully saturated rings. The van der Waals surface area contributed by atoms with Crippen LogP contribution in [0.2, 0.25) is 0 Å². The van der Waals surface area contributed by atoms with Crippen molar-refractivity contribution in [2.45, 2.75) is 12.8 Å². The molecule has 0 aromatic heterocycles. The summed E-state index contributed by atoms with van der Waals surface area (Å²) in [5, 5.41) is 0. The standard InChI is InChI=1S/C11H14FNO2/c1-15-11-5-3-8(6-10(11)12)2-4-9(14)7-13/h3,5-6H,2,4,7,13H2,1H3. The van der Waals surface area contributed by atoms with E-state index in [1.54, 1.807) is 12.1 Å². The molecule has 0 aliphatic rings. The van der Waals surface area contributed by atoms with E-state index in [1.807, 2.05) is 0 Å². The Balaban J connectivity index is 2.63. The molecule has 82 valence electrons. The summed E-state index contributed by atoms with van der Waals surface area (Å²) in [6, 6.07) is 4.67. The third kappa shape index (κ3) is 3.32. The number of benzene rings is 1. The Bertz CT molecular complexity index is 352. The van der Waals surface area contributed by atoms with E-state index in [1.165, 1.54) is 13.2 Å². The zero-order chi connectivity index (χ0) is 11.3. The second-order valence-corrected chi connectivity index (χ2v) is 3.21. The number of ketones is 1. The number of hydrogen-bond donors (Lipinski definition) is 1. The van der Waals surface area contributed by atoms with Crippen molar-refractivity contribution < 1.29 is 13.9 Å². The number of Topliss-reactive ketones (excluding diaryl/α,β-unsaturated/α-hetero) is 1. The van der Waals surface area contributed by atoms with Crippen LogP contribution in [0.25, 0.3) is 0 Å². The number of hydrogen-bond acceptors (Lipinski definition) is 3. The Morgan fingerprint density at radius 1 is 1.53 bits per heavy atom. The van der Waals surface area contributed by atoms with Gasteiger partial charge in [0.15, 0.2) is 11.6 Å². The SMILES string of the molecule is COc1ccc(CCC(=O)CN)cc1F. The molecule has 3 nitrogen and oxygen atoms in total. The molecular formula is C11H14FNO2. The lowest BCUT2D eigenvalue weighted by molar-refractivity contribution is -0.117. The van der Waals surface area contributed by atoms with Crippen molar-refractivity contribution in [2.75, 3.05) is 13.7 Å². The molecule has 0 aliphatic carbocycles. The lowest BCUT2D eigenvalue weighted by Gasteiger charge is -2.04. The van der Waals surface area contributed by atoms with Crippen LogP contribution in [0.1, 0.15) is 12.0 Å². The maximum atomic E-state index is 13.2. The van der Waals surface area contributed by atoms with Crippen LogP contribution in [0, 0.1) is 5.82 Å². The Morgan fingerprint density at radius 3 is 2.80 bits per heavy atom. The highest BCUT2D eigenvalue weighted by atomic mass is 19.1. The predicted molar refractivity (Wildman–Crippen MR) is 55.3 cm³/mol. The Hall–Kier alpha value is -1.42. The van der Waals surface area contributed by atoms with Gasteiger partial charge in [-0.25, -0.2) is 4.39 Å². The molecule has 0 unspecified atom stereocenters. The fourth-order valence-electron chi connectivity index (χ4n) is 1.25. The van der Waals surface area contributed by atoms with Gasteiger partial charge in [0.1, 0.15) is 5.78 Å². The van der Waals surface area contributed by atoms with Crippen molar-refractivity contribution in [3.63, 3.8) is 0 Å². The lowest BCUT2D eigenvalue weighted by Crippen LogP contribution is -2.13. The van der Waals surface area contributed by atoms with Crippen LogP contribution in [-0.4, -0.2) is 19.4 Å². The number of nitrogens with two attached hydrogens (primary N) is 1. The van der Waals surface area contributed by atoms with Gasteiger partial charge in [-0.05, 0) is 24.1 Å². The molecular weight excluding hydrogens is 197 g/mol. The quantitative estimate of drug-likeness (QED) is 0.798. The average molecular weight is 211 g/mol. The number of aryl methyl sites for hydroxylation is 1. The van der Waals surface area contributed by atoms with Crippen molar-refractivity contribution in [1.82, 2.24) is 0 Å². The second kappa shape index (κ2) is 5.46. The van der Waals surface area contributed by atoms with E-state index in [0.29, 0.717) is 12.8 Å². The summed E-state index contributed by atoms with van der Waals surface area (Å²) >= 11 is 0. The molecule has 0 heterocycles. The first-order chi connectivity index (χ1) is 7.17. The topological polar surface area (TPSA) is 52.3 Å². The van der Waals surface area contributed by atoms with Crippen LogP contribution in [0.5, 0.6) is 5.75 Å². The molecule has 2 N–H and O–H groups in total. The monoisotopic (exact) mass is 211 g/mol. The minimum Gasteiger partial charge on any atom is -0.494 e. The molecule has 0 aliphatic heterocycles. The van der Waals surface area contributed by atoms with Gasteiger partial charge in [0.05, 0.1) is 13.7 Å². The first kappa shape index (κ1) is 11.7. The highest BCUT2D eigenvalue weighted by molar-refractivity contribution is 5.80. The number of methoxy groups -OCH3 is 1. The van der Waals surface area contributed by atoms with Crippen molar-refractivity contribution in [3.05, 3.63) is 29.6 Å². The van der Waals surface area contributed by atoms with Gasteiger partial charge in [-0.2, -0.15) is 0 Å². The molecule has 0 radical (unpaired) electrons. The maximum Gasteiger partial charge on any atom is 0.165 e. The normalized spacial score (nSPS) is 10.1. The third-order valence-electron chi connectivity index (χ3n) is 2.14.